The average molecular weight is 508 g/mol. The number of nitrogens with one attached hydrogen (secondary N) is 1. The van der Waals surface area contributed by atoms with Gasteiger partial charge in [-0.15, -0.1) is 0 Å². The fourth-order valence-corrected chi connectivity index (χ4v) is 6.87. The number of aliphatic hydroxyl groups excluding tert-OH is 1. The van der Waals surface area contributed by atoms with Crippen molar-refractivity contribution in [1.82, 2.24) is 15.2 Å². The van der Waals surface area contributed by atoms with Crippen LogP contribution in [0.25, 0.3) is 0 Å². The molecule has 7 atom stereocenters. The highest BCUT2D eigenvalue weighted by molar-refractivity contribution is 5.94. The van der Waals surface area contributed by atoms with Crippen LogP contribution < -0.4 is 10.1 Å². The van der Waals surface area contributed by atoms with Crippen molar-refractivity contribution in [2.75, 3.05) is 14.2 Å². The minimum Gasteiger partial charge on any atom is -0.497 e. The molecule has 2 aliphatic carbocycles. The number of methoxy groups -OCH3 is 1. The van der Waals surface area contributed by atoms with Gasteiger partial charge >= 0.3 is 0 Å². The summed E-state index contributed by atoms with van der Waals surface area (Å²) in [6.45, 7) is 6.87. The van der Waals surface area contributed by atoms with Gasteiger partial charge in [0.2, 0.25) is 5.91 Å². The average Bonchev–Trinajstić information content (AvgIpc) is 2.90. The van der Waals surface area contributed by atoms with E-state index in [0.29, 0.717) is 17.9 Å². The number of aromatic nitrogens is 1. The summed E-state index contributed by atoms with van der Waals surface area (Å²) in [6, 6.07) is 10.9. The van der Waals surface area contributed by atoms with Crippen molar-refractivity contribution < 1.29 is 19.4 Å². The van der Waals surface area contributed by atoms with E-state index in [-0.39, 0.29) is 46.9 Å². The van der Waals surface area contributed by atoms with Gasteiger partial charge in [0.1, 0.15) is 5.75 Å². The first-order valence-electron chi connectivity index (χ1n) is 13.4. The third kappa shape index (κ3) is 5.66. The number of aliphatic hydroxyl groups is 1. The molecule has 2 saturated carbocycles. The summed E-state index contributed by atoms with van der Waals surface area (Å²) in [5.41, 5.74) is 1.58. The number of benzene rings is 1. The Morgan fingerprint density at radius 2 is 1.92 bits per heavy atom. The van der Waals surface area contributed by atoms with E-state index in [0.717, 1.165) is 31.2 Å². The second-order valence-corrected chi connectivity index (χ2v) is 11.4. The molecule has 2 fully saturated rings. The second kappa shape index (κ2) is 11.2. The molecule has 7 nitrogen and oxygen atoms in total. The Morgan fingerprint density at radius 1 is 1.22 bits per heavy atom. The van der Waals surface area contributed by atoms with E-state index >= 15 is 0 Å². The van der Waals surface area contributed by atoms with Gasteiger partial charge in [-0.25, -0.2) is 0 Å². The van der Waals surface area contributed by atoms with E-state index in [1.165, 1.54) is 0 Å². The highest BCUT2D eigenvalue weighted by atomic mass is 16.5. The van der Waals surface area contributed by atoms with Gasteiger partial charge in [0, 0.05) is 43.5 Å². The first-order chi connectivity index (χ1) is 17.6. The molecule has 7 heteroatoms. The minimum atomic E-state index is -0.597. The number of fused-ring (bicyclic) bond motifs is 1. The van der Waals surface area contributed by atoms with E-state index in [1.54, 1.807) is 48.7 Å². The van der Waals surface area contributed by atoms with E-state index in [1.807, 2.05) is 26.1 Å². The number of carbonyl (C=O) groups excluding carboxylic acids is 2. The van der Waals surface area contributed by atoms with E-state index in [4.69, 9.17) is 4.74 Å². The Morgan fingerprint density at radius 3 is 2.57 bits per heavy atom. The Bertz CT molecular complexity index is 1080. The first kappa shape index (κ1) is 27.1. The van der Waals surface area contributed by atoms with Crippen LogP contribution >= 0.6 is 0 Å². The second-order valence-electron chi connectivity index (χ2n) is 11.4. The highest BCUT2D eigenvalue weighted by Gasteiger charge is 2.54. The number of carbonyl (C=O) groups is 2. The van der Waals surface area contributed by atoms with Crippen LogP contribution in [0.15, 0.2) is 48.8 Å². The molecule has 0 radical (unpaired) electrons. The summed E-state index contributed by atoms with van der Waals surface area (Å²) in [5, 5.41) is 14.9. The molecule has 0 bridgehead atoms. The molecule has 2 N–H and O–H groups in total. The van der Waals surface area contributed by atoms with E-state index in [9.17, 15) is 14.7 Å². The van der Waals surface area contributed by atoms with Crippen LogP contribution in [0.3, 0.4) is 0 Å². The molecule has 1 heterocycles. The number of pyridine rings is 1. The van der Waals surface area contributed by atoms with Crippen molar-refractivity contribution in [2.24, 2.45) is 29.1 Å². The third-order valence-corrected chi connectivity index (χ3v) is 9.11. The Hall–Kier alpha value is -2.93. The van der Waals surface area contributed by atoms with Gasteiger partial charge in [-0.05, 0) is 84.7 Å². The third-order valence-electron chi connectivity index (χ3n) is 9.11. The zero-order valence-corrected chi connectivity index (χ0v) is 22.7. The predicted octanol–water partition coefficient (Wildman–Crippen LogP) is 4.31. The molecule has 7 unspecified atom stereocenters. The lowest BCUT2D eigenvalue weighted by Crippen LogP contribution is -2.58. The molecule has 2 aliphatic rings. The lowest BCUT2D eigenvalue weighted by molar-refractivity contribution is -0.149. The van der Waals surface area contributed by atoms with Gasteiger partial charge in [0.15, 0.2) is 0 Å². The number of ether oxygens (including phenoxy) is 1. The standard InChI is InChI=1S/C30H41N3O4/c1-19(29(36)33(4)18-21-7-6-16-31-17-21)24-12-14-30(3)15-13-25(20(2)26(30)27(24)34)32-28(35)22-8-10-23(37-5)11-9-22/h6-11,16-17,19-20,24-27,34H,12-15,18H2,1-5H3,(H,32,35). The number of hydrogen-bond donors (Lipinski definition) is 2. The first-order valence-corrected chi connectivity index (χ1v) is 13.4. The van der Waals surface area contributed by atoms with Crippen LogP contribution in [-0.2, 0) is 11.3 Å². The summed E-state index contributed by atoms with van der Waals surface area (Å²) >= 11 is 0. The monoisotopic (exact) mass is 507 g/mol. The molecule has 0 saturated heterocycles. The predicted molar refractivity (Wildman–Crippen MR) is 143 cm³/mol. The van der Waals surface area contributed by atoms with Crippen LogP contribution in [0.1, 0.15) is 62.4 Å². The molecular formula is C30H41N3O4. The maximum absolute atomic E-state index is 13.4. The van der Waals surface area contributed by atoms with Crippen molar-refractivity contribution in [3.05, 3.63) is 59.9 Å². The summed E-state index contributed by atoms with van der Waals surface area (Å²) in [4.78, 5) is 32.2. The molecule has 4 rings (SSSR count). The van der Waals surface area contributed by atoms with Crippen molar-refractivity contribution in [2.45, 2.75) is 65.1 Å². The number of rotatable bonds is 7. The minimum absolute atomic E-state index is 0.00104. The Kier molecular flexibility index (Phi) is 8.22. The molecule has 2 aromatic rings. The van der Waals surface area contributed by atoms with Gasteiger partial charge in [-0.2, -0.15) is 0 Å². The highest BCUT2D eigenvalue weighted by Crippen LogP contribution is 2.55. The molecule has 1 aromatic heterocycles. The van der Waals surface area contributed by atoms with Crippen LogP contribution in [0.4, 0.5) is 0 Å². The van der Waals surface area contributed by atoms with E-state index < -0.39 is 6.10 Å². The fraction of sp³-hybridized carbons (Fsp3) is 0.567. The maximum Gasteiger partial charge on any atom is 0.251 e. The van der Waals surface area contributed by atoms with Crippen molar-refractivity contribution >= 4 is 11.8 Å². The zero-order chi connectivity index (χ0) is 26.7. The van der Waals surface area contributed by atoms with Gasteiger partial charge in [-0.3, -0.25) is 14.6 Å². The van der Waals surface area contributed by atoms with Gasteiger partial charge in [0.05, 0.1) is 13.2 Å². The zero-order valence-electron chi connectivity index (χ0n) is 22.7. The summed E-state index contributed by atoms with van der Waals surface area (Å²) in [6.07, 6.45) is 6.55. The van der Waals surface area contributed by atoms with Crippen molar-refractivity contribution in [3.63, 3.8) is 0 Å². The summed E-state index contributed by atoms with van der Waals surface area (Å²) in [7, 11) is 3.42. The maximum atomic E-state index is 13.4. The van der Waals surface area contributed by atoms with Crippen LogP contribution in [0, 0.1) is 29.1 Å². The number of nitrogens with zero attached hydrogens (tertiary/aromatic N) is 2. The van der Waals surface area contributed by atoms with Crippen LogP contribution in [-0.4, -0.2) is 53.1 Å². The molecule has 0 aliphatic heterocycles. The molecule has 2 amide bonds. The van der Waals surface area contributed by atoms with Gasteiger partial charge < -0.3 is 20.1 Å². The smallest absolute Gasteiger partial charge is 0.251 e. The molecular weight excluding hydrogens is 466 g/mol. The molecule has 0 spiro atoms. The normalized spacial score (nSPS) is 30.1. The lowest BCUT2D eigenvalue weighted by Gasteiger charge is -2.56. The SMILES string of the molecule is COc1ccc(C(=O)NC2CCC3(C)CCC(C(C)C(=O)N(C)Cc4cccnc4)C(O)C3C2C)cc1. The number of hydrogen-bond acceptors (Lipinski definition) is 5. The fourth-order valence-electron chi connectivity index (χ4n) is 6.87. The molecule has 37 heavy (non-hydrogen) atoms. The van der Waals surface area contributed by atoms with Crippen LogP contribution in [0.5, 0.6) is 5.75 Å². The Labute approximate surface area is 220 Å². The Balaban J connectivity index is 1.44. The summed E-state index contributed by atoms with van der Waals surface area (Å²) in [5.74, 6) is 0.358. The molecule has 200 valence electrons. The van der Waals surface area contributed by atoms with Crippen molar-refractivity contribution in [3.8, 4) is 5.75 Å². The quantitative estimate of drug-likeness (QED) is 0.583. The topological polar surface area (TPSA) is 91.8 Å². The van der Waals surface area contributed by atoms with Gasteiger partial charge in [-0.1, -0.05) is 26.8 Å². The van der Waals surface area contributed by atoms with Gasteiger partial charge in [0.25, 0.3) is 5.91 Å². The largest absolute Gasteiger partial charge is 0.497 e. The molecule has 1 aromatic carbocycles. The summed E-state index contributed by atoms with van der Waals surface area (Å²) < 4.78 is 5.20. The lowest BCUT2D eigenvalue weighted by atomic mass is 9.51. The number of amides is 2. The van der Waals surface area contributed by atoms with E-state index in [2.05, 4.69) is 24.1 Å². The van der Waals surface area contributed by atoms with Crippen LogP contribution in [0.2, 0.25) is 0 Å². The van der Waals surface area contributed by atoms with Crippen molar-refractivity contribution in [1.29, 1.82) is 0 Å².